The zero-order chi connectivity index (χ0) is 29.2. The van der Waals surface area contributed by atoms with Crippen molar-refractivity contribution in [3.8, 4) is 16.9 Å². The summed E-state index contributed by atoms with van der Waals surface area (Å²) in [5.74, 6) is -0.254. The number of benzene rings is 3. The van der Waals surface area contributed by atoms with E-state index in [0.29, 0.717) is 34.5 Å². The Morgan fingerprint density at radius 1 is 1.14 bits per heavy atom. The summed E-state index contributed by atoms with van der Waals surface area (Å²) in [6.07, 6.45) is 4.38. The van der Waals surface area contributed by atoms with Crippen LogP contribution in [0.3, 0.4) is 0 Å². The predicted octanol–water partition coefficient (Wildman–Crippen LogP) is 5.07. The summed E-state index contributed by atoms with van der Waals surface area (Å²) < 4.78 is 15.9. The van der Waals surface area contributed by atoms with Gasteiger partial charge in [0.25, 0.3) is 0 Å². The van der Waals surface area contributed by atoms with Gasteiger partial charge in [0.2, 0.25) is 5.91 Å². The fourth-order valence-corrected chi connectivity index (χ4v) is 5.04. The van der Waals surface area contributed by atoms with E-state index in [1.807, 2.05) is 48.5 Å². The lowest BCUT2D eigenvalue weighted by atomic mass is 10.1. The molecule has 14 heteroatoms. The minimum atomic E-state index is -0.648. The van der Waals surface area contributed by atoms with Gasteiger partial charge < -0.3 is 16.0 Å². The minimum absolute atomic E-state index is 0.0488. The highest BCUT2D eigenvalue weighted by molar-refractivity contribution is 6.32. The van der Waals surface area contributed by atoms with Crippen LogP contribution in [-0.2, 0) is 11.2 Å². The molecule has 1 amide bonds. The maximum absolute atomic E-state index is 14.8. The highest BCUT2D eigenvalue weighted by Crippen LogP contribution is 2.31. The topological polar surface area (TPSA) is 156 Å². The molecule has 5 N–H and O–H groups in total. The smallest absolute Gasteiger partial charge is 0.244 e. The molecule has 0 saturated heterocycles. The molecule has 0 spiro atoms. The number of tetrazole rings is 1. The van der Waals surface area contributed by atoms with Gasteiger partial charge in [0.15, 0.2) is 11.6 Å². The summed E-state index contributed by atoms with van der Waals surface area (Å²) in [6.45, 7) is 0. The number of carbonyl (C=O) groups is 1. The molecule has 1 atom stereocenters. The van der Waals surface area contributed by atoms with Gasteiger partial charge in [-0.1, -0.05) is 59.6 Å². The molecule has 0 bridgehead atoms. The van der Waals surface area contributed by atoms with Crippen molar-refractivity contribution in [2.75, 3.05) is 5.73 Å². The van der Waals surface area contributed by atoms with Crippen LogP contribution in [0.1, 0.15) is 23.0 Å². The van der Waals surface area contributed by atoms with Gasteiger partial charge in [-0.05, 0) is 52.8 Å². The molecule has 0 saturated carbocycles. The second-order valence-corrected chi connectivity index (χ2v) is 10.1. The number of H-pyrrole nitrogens is 2. The molecular weight excluding hydrogens is 582 g/mol. The molecule has 0 aliphatic heterocycles. The number of nitrogens with one attached hydrogen (secondary N) is 3. The van der Waals surface area contributed by atoms with Crippen molar-refractivity contribution < 1.29 is 9.18 Å². The van der Waals surface area contributed by atoms with E-state index in [9.17, 15) is 9.18 Å². The Bertz CT molecular complexity index is 1920. The van der Waals surface area contributed by atoms with Crippen molar-refractivity contribution in [3.05, 3.63) is 106 Å². The third-order valence-electron chi connectivity index (χ3n) is 6.52. The standard InChI is InChI=1S/C28H21Cl2FN10O/c29-18-11-17(25(20(31)13-18)41-14-33-39-40-41)7-9-23(42)34-22(10-15-4-2-1-3-5-15)28-35-24(26(30)36-28)16-6-8-19-21(12-16)37-38-27(19)32/h1-9,11-14,22H,10H2,(H,34,42)(H,35,36)(H3,32,37,38)/t22-/m0/s1. The van der Waals surface area contributed by atoms with E-state index in [0.717, 1.165) is 32.8 Å². The number of halogens is 3. The molecule has 6 aromatic rings. The van der Waals surface area contributed by atoms with Crippen molar-refractivity contribution in [2.24, 2.45) is 0 Å². The molecule has 0 fully saturated rings. The highest BCUT2D eigenvalue weighted by Gasteiger charge is 2.22. The van der Waals surface area contributed by atoms with Gasteiger partial charge in [-0.3, -0.25) is 9.89 Å². The van der Waals surface area contributed by atoms with Crippen LogP contribution in [0.4, 0.5) is 10.2 Å². The van der Waals surface area contributed by atoms with E-state index < -0.39 is 17.8 Å². The first kappa shape index (κ1) is 27.1. The number of aromatic amines is 2. The van der Waals surface area contributed by atoms with Crippen molar-refractivity contribution in [1.29, 1.82) is 0 Å². The van der Waals surface area contributed by atoms with Crippen molar-refractivity contribution >= 4 is 51.9 Å². The Labute approximate surface area is 247 Å². The first-order chi connectivity index (χ1) is 20.4. The van der Waals surface area contributed by atoms with Crippen LogP contribution in [0.5, 0.6) is 0 Å². The van der Waals surface area contributed by atoms with Crippen LogP contribution >= 0.6 is 23.2 Å². The number of anilines is 1. The number of carbonyl (C=O) groups excluding carboxylic acids is 1. The number of hydrogen-bond donors (Lipinski definition) is 4. The van der Waals surface area contributed by atoms with E-state index in [1.165, 1.54) is 24.5 Å². The normalized spacial score (nSPS) is 12.3. The van der Waals surface area contributed by atoms with Gasteiger partial charge >= 0.3 is 0 Å². The second-order valence-electron chi connectivity index (χ2n) is 9.32. The van der Waals surface area contributed by atoms with Gasteiger partial charge in [0.05, 0.1) is 11.6 Å². The average molecular weight is 603 g/mol. The third kappa shape index (κ3) is 5.57. The molecule has 42 heavy (non-hydrogen) atoms. The van der Waals surface area contributed by atoms with Gasteiger partial charge in [-0.2, -0.15) is 9.78 Å². The summed E-state index contributed by atoms with van der Waals surface area (Å²) in [6, 6.07) is 17.2. The lowest BCUT2D eigenvalue weighted by Gasteiger charge is -2.16. The van der Waals surface area contributed by atoms with Crippen molar-refractivity contribution in [3.63, 3.8) is 0 Å². The Morgan fingerprint density at radius 3 is 2.76 bits per heavy atom. The summed E-state index contributed by atoms with van der Waals surface area (Å²) in [5.41, 5.74) is 9.20. The Balaban J connectivity index is 1.30. The first-order valence-electron chi connectivity index (χ1n) is 12.6. The van der Waals surface area contributed by atoms with E-state index >= 15 is 0 Å². The van der Waals surface area contributed by atoms with E-state index in [1.54, 1.807) is 0 Å². The number of hydrogen-bond acceptors (Lipinski definition) is 7. The van der Waals surface area contributed by atoms with Crippen molar-refractivity contribution in [1.82, 2.24) is 45.7 Å². The highest BCUT2D eigenvalue weighted by atomic mass is 35.5. The zero-order valence-electron chi connectivity index (χ0n) is 21.6. The molecular formula is C28H21Cl2FN10O. The molecule has 0 radical (unpaired) electrons. The third-order valence-corrected chi connectivity index (χ3v) is 7.01. The number of imidazole rings is 1. The molecule has 0 unspecified atom stereocenters. The number of nitrogen functional groups attached to an aromatic ring is 1. The molecule has 210 valence electrons. The van der Waals surface area contributed by atoms with Crippen molar-refractivity contribution in [2.45, 2.75) is 12.5 Å². The maximum Gasteiger partial charge on any atom is 0.244 e. The average Bonchev–Trinajstić information content (AvgIpc) is 3.72. The summed E-state index contributed by atoms with van der Waals surface area (Å²) in [5, 5.41) is 22.0. The van der Waals surface area contributed by atoms with Crippen LogP contribution < -0.4 is 11.1 Å². The Hall–Kier alpha value is -5.07. The molecule has 0 aliphatic rings. The van der Waals surface area contributed by atoms with Gasteiger partial charge in [-0.15, -0.1) is 5.10 Å². The lowest BCUT2D eigenvalue weighted by molar-refractivity contribution is -0.117. The van der Waals surface area contributed by atoms with Crippen LogP contribution in [0.2, 0.25) is 10.2 Å². The second kappa shape index (κ2) is 11.4. The molecule has 0 aliphatic carbocycles. The maximum atomic E-state index is 14.8. The number of rotatable bonds is 8. The monoisotopic (exact) mass is 602 g/mol. The van der Waals surface area contributed by atoms with Crippen LogP contribution in [0, 0.1) is 5.82 Å². The van der Waals surface area contributed by atoms with E-state index in [4.69, 9.17) is 33.9 Å². The summed E-state index contributed by atoms with van der Waals surface area (Å²) >= 11 is 12.7. The number of nitrogens with two attached hydrogens (primary N) is 1. The fourth-order valence-electron chi connectivity index (χ4n) is 4.58. The van der Waals surface area contributed by atoms with Gasteiger partial charge in [0.1, 0.15) is 28.7 Å². The van der Waals surface area contributed by atoms with Gasteiger partial charge in [-0.25, -0.2) is 9.37 Å². The molecule has 3 aromatic carbocycles. The molecule has 3 aromatic heterocycles. The SMILES string of the molecule is Nc1n[nH]c2cc(-c3nc([C@H](Cc4ccccc4)NC(=O)C=Cc4cc(Cl)cc(F)c4-n4cnnn4)[nH]c3Cl)ccc12. The Kier molecular flexibility index (Phi) is 7.38. The lowest BCUT2D eigenvalue weighted by Crippen LogP contribution is -2.29. The summed E-state index contributed by atoms with van der Waals surface area (Å²) in [4.78, 5) is 21.1. The Morgan fingerprint density at radius 2 is 1.98 bits per heavy atom. The zero-order valence-corrected chi connectivity index (χ0v) is 23.1. The van der Waals surface area contributed by atoms with Gasteiger partial charge in [0, 0.05) is 27.6 Å². The first-order valence-corrected chi connectivity index (χ1v) is 13.4. The van der Waals surface area contributed by atoms with Crippen LogP contribution in [0.25, 0.3) is 33.9 Å². The van der Waals surface area contributed by atoms with E-state index in [-0.39, 0.29) is 10.7 Å². The molecule has 11 nitrogen and oxygen atoms in total. The van der Waals surface area contributed by atoms with Crippen LogP contribution in [-0.4, -0.2) is 46.3 Å². The van der Waals surface area contributed by atoms with Crippen LogP contribution in [0.15, 0.2) is 73.1 Å². The number of aromatic nitrogens is 8. The number of nitrogens with zero attached hydrogens (tertiary/aromatic N) is 6. The van der Waals surface area contributed by atoms with E-state index in [2.05, 4.69) is 36.0 Å². The largest absolute Gasteiger partial charge is 0.382 e. The fraction of sp³-hybridized carbons (Fsp3) is 0.0714. The molecule has 3 heterocycles. The predicted molar refractivity (Wildman–Crippen MR) is 157 cm³/mol. The number of fused-ring (bicyclic) bond motifs is 1. The number of amides is 1. The quantitative estimate of drug-likeness (QED) is 0.177. The summed E-state index contributed by atoms with van der Waals surface area (Å²) in [7, 11) is 0. The molecule has 6 rings (SSSR count). The minimum Gasteiger partial charge on any atom is -0.382 e.